The summed E-state index contributed by atoms with van der Waals surface area (Å²) in [7, 11) is 0. The van der Waals surface area contributed by atoms with E-state index in [-0.39, 0.29) is 11.8 Å². The number of anilines is 1. The third kappa shape index (κ3) is 2.31. The lowest BCUT2D eigenvalue weighted by Gasteiger charge is -2.09. The van der Waals surface area contributed by atoms with Crippen molar-refractivity contribution in [1.82, 2.24) is 10.5 Å². The second-order valence-electron chi connectivity index (χ2n) is 4.67. The number of benzene rings is 1. The van der Waals surface area contributed by atoms with Gasteiger partial charge < -0.3 is 15.2 Å². The minimum atomic E-state index is -0.135. The maximum absolute atomic E-state index is 12.2. The molecule has 0 aliphatic carbocycles. The van der Waals surface area contributed by atoms with E-state index in [0.717, 1.165) is 22.7 Å². The zero-order valence-electron chi connectivity index (χ0n) is 10.6. The molecule has 0 radical (unpaired) electrons. The lowest BCUT2D eigenvalue weighted by molar-refractivity contribution is -0.122. The zero-order chi connectivity index (χ0) is 13.2. The SMILES string of the molecule is Cc1cc(CNC(=O)C2CNc3ccccc32)no1. The van der Waals surface area contributed by atoms with E-state index in [1.54, 1.807) is 0 Å². The van der Waals surface area contributed by atoms with Crippen LogP contribution in [0.4, 0.5) is 5.69 Å². The van der Waals surface area contributed by atoms with Crippen molar-refractivity contribution in [3.05, 3.63) is 47.3 Å². The molecule has 1 atom stereocenters. The molecule has 1 aromatic heterocycles. The van der Waals surface area contributed by atoms with Gasteiger partial charge in [0.25, 0.3) is 0 Å². The van der Waals surface area contributed by atoms with E-state index in [1.165, 1.54) is 0 Å². The van der Waals surface area contributed by atoms with E-state index < -0.39 is 0 Å². The van der Waals surface area contributed by atoms with Gasteiger partial charge in [-0.1, -0.05) is 23.4 Å². The summed E-state index contributed by atoms with van der Waals surface area (Å²) >= 11 is 0. The number of aryl methyl sites for hydroxylation is 1. The fraction of sp³-hybridized carbons (Fsp3) is 0.286. The smallest absolute Gasteiger partial charge is 0.229 e. The first-order chi connectivity index (χ1) is 9.24. The molecule has 0 bridgehead atoms. The third-order valence-electron chi connectivity index (χ3n) is 3.27. The molecule has 1 unspecified atom stereocenters. The zero-order valence-corrected chi connectivity index (χ0v) is 10.6. The molecule has 2 N–H and O–H groups in total. The molecular formula is C14H15N3O2. The summed E-state index contributed by atoms with van der Waals surface area (Å²) in [5.74, 6) is 0.624. The van der Waals surface area contributed by atoms with Gasteiger partial charge in [0.05, 0.1) is 12.5 Å². The Morgan fingerprint density at radius 2 is 2.37 bits per heavy atom. The van der Waals surface area contributed by atoms with Crippen molar-refractivity contribution in [1.29, 1.82) is 0 Å². The monoisotopic (exact) mass is 257 g/mol. The summed E-state index contributed by atoms with van der Waals surface area (Å²) in [6.45, 7) is 2.87. The van der Waals surface area contributed by atoms with Crippen LogP contribution < -0.4 is 10.6 Å². The third-order valence-corrected chi connectivity index (χ3v) is 3.27. The van der Waals surface area contributed by atoms with Crippen LogP contribution in [0.3, 0.4) is 0 Å². The van der Waals surface area contributed by atoms with Crippen LogP contribution in [0.25, 0.3) is 0 Å². The maximum Gasteiger partial charge on any atom is 0.229 e. The van der Waals surface area contributed by atoms with Gasteiger partial charge in [-0.05, 0) is 18.6 Å². The van der Waals surface area contributed by atoms with Crippen LogP contribution in [0.1, 0.15) is 22.9 Å². The Balaban J connectivity index is 1.66. The van der Waals surface area contributed by atoms with Gasteiger partial charge in [0.15, 0.2) is 0 Å². The Morgan fingerprint density at radius 1 is 1.53 bits per heavy atom. The Bertz CT molecular complexity index is 606. The number of nitrogens with zero attached hydrogens (tertiary/aromatic N) is 1. The highest BCUT2D eigenvalue weighted by molar-refractivity contribution is 5.88. The van der Waals surface area contributed by atoms with Crippen molar-refractivity contribution < 1.29 is 9.32 Å². The van der Waals surface area contributed by atoms with Crippen LogP contribution in [0, 0.1) is 6.92 Å². The molecule has 2 aromatic rings. The van der Waals surface area contributed by atoms with Crippen molar-refractivity contribution in [2.75, 3.05) is 11.9 Å². The maximum atomic E-state index is 12.2. The van der Waals surface area contributed by atoms with Crippen LogP contribution in [-0.4, -0.2) is 17.6 Å². The molecule has 3 rings (SSSR count). The number of hydrogen-bond donors (Lipinski definition) is 2. The Hall–Kier alpha value is -2.30. The number of aromatic nitrogens is 1. The number of para-hydroxylation sites is 1. The van der Waals surface area contributed by atoms with E-state index in [2.05, 4.69) is 15.8 Å². The van der Waals surface area contributed by atoms with Gasteiger partial charge in [-0.2, -0.15) is 0 Å². The van der Waals surface area contributed by atoms with Crippen molar-refractivity contribution in [3.63, 3.8) is 0 Å². The average Bonchev–Trinajstić information content (AvgIpc) is 3.02. The number of nitrogens with one attached hydrogen (secondary N) is 2. The molecule has 19 heavy (non-hydrogen) atoms. The molecule has 1 aromatic carbocycles. The first-order valence-electron chi connectivity index (χ1n) is 6.27. The van der Waals surface area contributed by atoms with Gasteiger partial charge in [-0.3, -0.25) is 4.79 Å². The highest BCUT2D eigenvalue weighted by Crippen LogP contribution is 2.30. The molecule has 0 fully saturated rings. The van der Waals surface area contributed by atoms with Crippen LogP contribution in [-0.2, 0) is 11.3 Å². The van der Waals surface area contributed by atoms with E-state index in [4.69, 9.17) is 4.52 Å². The number of hydrogen-bond acceptors (Lipinski definition) is 4. The highest BCUT2D eigenvalue weighted by Gasteiger charge is 2.27. The molecule has 1 aliphatic heterocycles. The number of rotatable bonds is 3. The topological polar surface area (TPSA) is 67.2 Å². The van der Waals surface area contributed by atoms with Crippen molar-refractivity contribution in [2.24, 2.45) is 0 Å². The van der Waals surface area contributed by atoms with E-state index >= 15 is 0 Å². The fourth-order valence-corrected chi connectivity index (χ4v) is 2.32. The summed E-state index contributed by atoms with van der Waals surface area (Å²) in [4.78, 5) is 12.2. The normalized spacial score (nSPS) is 16.8. The fourth-order valence-electron chi connectivity index (χ4n) is 2.32. The number of amides is 1. The number of carbonyl (C=O) groups excluding carboxylic acids is 1. The Morgan fingerprint density at radius 3 is 3.16 bits per heavy atom. The van der Waals surface area contributed by atoms with Crippen molar-refractivity contribution >= 4 is 11.6 Å². The quantitative estimate of drug-likeness (QED) is 0.880. The molecule has 0 spiro atoms. The first kappa shape index (κ1) is 11.8. The van der Waals surface area contributed by atoms with E-state index in [0.29, 0.717) is 13.1 Å². The summed E-state index contributed by atoms with van der Waals surface area (Å²) < 4.78 is 4.96. The van der Waals surface area contributed by atoms with Crippen LogP contribution >= 0.6 is 0 Å². The summed E-state index contributed by atoms with van der Waals surface area (Å²) in [5.41, 5.74) is 2.83. The molecule has 0 saturated heterocycles. The Kier molecular flexibility index (Phi) is 2.95. The lowest BCUT2D eigenvalue weighted by Crippen LogP contribution is -2.30. The average molecular weight is 257 g/mol. The van der Waals surface area contributed by atoms with Crippen molar-refractivity contribution in [3.8, 4) is 0 Å². The van der Waals surface area contributed by atoms with Crippen molar-refractivity contribution in [2.45, 2.75) is 19.4 Å². The second-order valence-corrected chi connectivity index (χ2v) is 4.67. The molecule has 1 amide bonds. The van der Waals surface area contributed by atoms with Gasteiger partial charge in [0.2, 0.25) is 5.91 Å². The number of carbonyl (C=O) groups is 1. The molecular weight excluding hydrogens is 242 g/mol. The Labute approximate surface area is 111 Å². The molecule has 5 heteroatoms. The summed E-state index contributed by atoms with van der Waals surface area (Å²) in [6, 6.07) is 9.71. The summed E-state index contributed by atoms with van der Waals surface area (Å²) in [6.07, 6.45) is 0. The van der Waals surface area contributed by atoms with Crippen LogP contribution in [0.2, 0.25) is 0 Å². The van der Waals surface area contributed by atoms with E-state index in [1.807, 2.05) is 37.3 Å². The first-order valence-corrected chi connectivity index (χ1v) is 6.27. The predicted octanol–water partition coefficient (Wildman–Crippen LogP) is 1.81. The molecule has 98 valence electrons. The van der Waals surface area contributed by atoms with Crippen LogP contribution in [0.15, 0.2) is 34.9 Å². The van der Waals surface area contributed by atoms with Gasteiger partial charge in [-0.15, -0.1) is 0 Å². The lowest BCUT2D eigenvalue weighted by atomic mass is 10.0. The molecule has 0 saturated carbocycles. The molecule has 1 aliphatic rings. The standard InChI is InChI=1S/C14H15N3O2/c1-9-6-10(17-19-9)7-16-14(18)12-8-15-13-5-3-2-4-11(12)13/h2-6,12,15H,7-8H2,1H3,(H,16,18). The summed E-state index contributed by atoms with van der Waals surface area (Å²) in [5, 5.41) is 9.99. The molecule has 5 nitrogen and oxygen atoms in total. The van der Waals surface area contributed by atoms with Gasteiger partial charge >= 0.3 is 0 Å². The highest BCUT2D eigenvalue weighted by atomic mass is 16.5. The molecule has 2 heterocycles. The van der Waals surface area contributed by atoms with Gasteiger partial charge in [-0.25, -0.2) is 0 Å². The van der Waals surface area contributed by atoms with Gasteiger partial charge in [0.1, 0.15) is 11.5 Å². The number of fused-ring (bicyclic) bond motifs is 1. The minimum Gasteiger partial charge on any atom is -0.384 e. The van der Waals surface area contributed by atoms with E-state index in [9.17, 15) is 4.79 Å². The van der Waals surface area contributed by atoms with Gasteiger partial charge in [0, 0.05) is 18.3 Å². The van der Waals surface area contributed by atoms with Crippen LogP contribution in [0.5, 0.6) is 0 Å². The second kappa shape index (κ2) is 4.76. The predicted molar refractivity (Wildman–Crippen MR) is 70.8 cm³/mol. The largest absolute Gasteiger partial charge is 0.384 e. The minimum absolute atomic E-state index is 0.0121.